The molecule has 0 saturated heterocycles. The maximum atomic E-state index is 6.27. The third-order valence-corrected chi connectivity index (χ3v) is 6.54. The SMILES string of the molecule is COc1cc(-c2nccc3cc(OC)c(OCc4ccccc4)c(OC)c23)cc(OC)c1OCc1ccccc1. The van der Waals surface area contributed by atoms with Crippen molar-refractivity contribution in [2.45, 2.75) is 13.2 Å². The van der Waals surface area contributed by atoms with Gasteiger partial charge < -0.3 is 28.4 Å². The van der Waals surface area contributed by atoms with Gasteiger partial charge in [0.2, 0.25) is 11.5 Å². The van der Waals surface area contributed by atoms with Crippen molar-refractivity contribution >= 4 is 10.8 Å². The second-order valence-corrected chi connectivity index (χ2v) is 8.96. The highest BCUT2D eigenvalue weighted by atomic mass is 16.5. The minimum Gasteiger partial charge on any atom is -0.493 e. The lowest BCUT2D eigenvalue weighted by molar-refractivity contribution is 0.266. The lowest BCUT2D eigenvalue weighted by Gasteiger charge is -2.19. The van der Waals surface area contributed by atoms with Gasteiger partial charge in [-0.05, 0) is 40.8 Å². The van der Waals surface area contributed by atoms with Gasteiger partial charge in [0.15, 0.2) is 23.0 Å². The van der Waals surface area contributed by atoms with E-state index in [0.717, 1.165) is 27.5 Å². The summed E-state index contributed by atoms with van der Waals surface area (Å²) in [6.07, 6.45) is 1.75. The molecule has 0 spiro atoms. The largest absolute Gasteiger partial charge is 0.493 e. The van der Waals surface area contributed by atoms with Gasteiger partial charge in [-0.2, -0.15) is 0 Å². The lowest BCUT2D eigenvalue weighted by atomic mass is 10.0. The molecule has 0 aliphatic rings. The minimum absolute atomic E-state index is 0.351. The molecule has 0 bridgehead atoms. The van der Waals surface area contributed by atoms with Crippen LogP contribution in [0.15, 0.2) is 91.1 Å². The molecule has 4 aromatic carbocycles. The fourth-order valence-electron chi connectivity index (χ4n) is 4.59. The van der Waals surface area contributed by atoms with E-state index < -0.39 is 0 Å². The van der Waals surface area contributed by atoms with Crippen LogP contribution in [0.5, 0.6) is 34.5 Å². The highest BCUT2D eigenvalue weighted by Crippen LogP contribution is 2.48. The van der Waals surface area contributed by atoms with Gasteiger partial charge >= 0.3 is 0 Å². The fraction of sp³-hybridized carbons (Fsp3) is 0.182. The van der Waals surface area contributed by atoms with Crippen molar-refractivity contribution in [3.8, 4) is 45.8 Å². The van der Waals surface area contributed by atoms with Crippen molar-refractivity contribution in [1.29, 1.82) is 0 Å². The molecule has 0 unspecified atom stereocenters. The Labute approximate surface area is 233 Å². The summed E-state index contributed by atoms with van der Waals surface area (Å²) in [4.78, 5) is 4.75. The van der Waals surface area contributed by atoms with Gasteiger partial charge in [-0.15, -0.1) is 0 Å². The van der Waals surface area contributed by atoms with E-state index in [2.05, 4.69) is 0 Å². The van der Waals surface area contributed by atoms with E-state index in [9.17, 15) is 0 Å². The second kappa shape index (κ2) is 12.3. The van der Waals surface area contributed by atoms with E-state index in [1.807, 2.05) is 84.9 Å². The zero-order chi connectivity index (χ0) is 27.9. The van der Waals surface area contributed by atoms with Crippen LogP contribution in [0.25, 0.3) is 22.0 Å². The number of pyridine rings is 1. The third kappa shape index (κ3) is 5.45. The molecule has 0 saturated carbocycles. The number of aromatic nitrogens is 1. The second-order valence-electron chi connectivity index (χ2n) is 8.96. The standard InChI is InChI=1S/C33H31NO6/c1-35-26-18-25(19-27(36-2)31(26)39-20-22-11-7-5-8-12-22)30-29-24(15-16-34-30)17-28(37-3)32(33(29)38-4)40-21-23-13-9-6-10-14-23/h5-19H,20-21H2,1-4H3. The monoisotopic (exact) mass is 537 g/mol. The Morgan fingerprint density at radius 1 is 0.550 bits per heavy atom. The fourth-order valence-corrected chi connectivity index (χ4v) is 4.59. The van der Waals surface area contributed by atoms with E-state index >= 15 is 0 Å². The quantitative estimate of drug-likeness (QED) is 0.178. The van der Waals surface area contributed by atoms with Crippen molar-refractivity contribution in [3.05, 3.63) is 102 Å². The Morgan fingerprint density at radius 2 is 1.07 bits per heavy atom. The Balaban J connectivity index is 1.60. The summed E-state index contributed by atoms with van der Waals surface area (Å²) in [5.41, 5.74) is 3.50. The molecule has 0 radical (unpaired) electrons. The van der Waals surface area contributed by atoms with Crippen LogP contribution in [0.2, 0.25) is 0 Å². The molecule has 1 aromatic heterocycles. The molecule has 40 heavy (non-hydrogen) atoms. The number of ether oxygens (including phenoxy) is 6. The number of hydrogen-bond donors (Lipinski definition) is 0. The molecular weight excluding hydrogens is 506 g/mol. The van der Waals surface area contributed by atoms with Crippen molar-refractivity contribution in [2.24, 2.45) is 0 Å². The van der Waals surface area contributed by atoms with E-state index in [4.69, 9.17) is 33.4 Å². The maximum absolute atomic E-state index is 6.27. The summed E-state index contributed by atoms with van der Waals surface area (Å²) in [5, 5.41) is 1.66. The van der Waals surface area contributed by atoms with Gasteiger partial charge in [0.25, 0.3) is 0 Å². The molecule has 0 aliphatic heterocycles. The van der Waals surface area contributed by atoms with Crippen LogP contribution in [-0.2, 0) is 13.2 Å². The molecule has 5 rings (SSSR count). The van der Waals surface area contributed by atoms with Gasteiger partial charge in [-0.1, -0.05) is 60.7 Å². The first-order valence-electron chi connectivity index (χ1n) is 12.8. The van der Waals surface area contributed by atoms with Crippen LogP contribution in [-0.4, -0.2) is 33.4 Å². The Hall–Kier alpha value is -4.91. The summed E-state index contributed by atoms with van der Waals surface area (Å²) in [6, 6.07) is 27.5. The third-order valence-electron chi connectivity index (χ3n) is 6.54. The van der Waals surface area contributed by atoms with E-state index in [-0.39, 0.29) is 0 Å². The number of benzene rings is 4. The molecule has 5 aromatic rings. The number of fused-ring (bicyclic) bond motifs is 1. The zero-order valence-corrected chi connectivity index (χ0v) is 23.0. The van der Waals surface area contributed by atoms with E-state index in [1.54, 1.807) is 34.6 Å². The summed E-state index contributed by atoms with van der Waals surface area (Å²) in [6.45, 7) is 0.721. The predicted molar refractivity (Wildman–Crippen MR) is 155 cm³/mol. The number of rotatable bonds is 11. The molecular formula is C33H31NO6. The summed E-state index contributed by atoms with van der Waals surface area (Å²) in [7, 11) is 6.43. The normalized spacial score (nSPS) is 10.7. The molecule has 0 atom stereocenters. The number of nitrogens with zero attached hydrogens (tertiary/aromatic N) is 1. The maximum Gasteiger partial charge on any atom is 0.204 e. The Morgan fingerprint density at radius 3 is 1.60 bits per heavy atom. The smallest absolute Gasteiger partial charge is 0.204 e. The topological polar surface area (TPSA) is 68.3 Å². The molecule has 7 nitrogen and oxygen atoms in total. The van der Waals surface area contributed by atoms with Gasteiger partial charge in [0.05, 0.1) is 39.5 Å². The summed E-state index contributed by atoms with van der Waals surface area (Å²) >= 11 is 0. The van der Waals surface area contributed by atoms with Crippen LogP contribution in [0.3, 0.4) is 0 Å². The van der Waals surface area contributed by atoms with Gasteiger partial charge in [0, 0.05) is 11.8 Å². The molecule has 0 amide bonds. The Bertz CT molecular complexity index is 1560. The van der Waals surface area contributed by atoms with E-state index in [0.29, 0.717) is 53.4 Å². The first kappa shape index (κ1) is 26.7. The van der Waals surface area contributed by atoms with Crippen LogP contribution in [0.1, 0.15) is 11.1 Å². The minimum atomic E-state index is 0.351. The average molecular weight is 538 g/mol. The van der Waals surface area contributed by atoms with E-state index in [1.165, 1.54) is 0 Å². The first-order chi connectivity index (χ1) is 19.7. The van der Waals surface area contributed by atoms with Gasteiger partial charge in [-0.25, -0.2) is 0 Å². The number of methoxy groups -OCH3 is 4. The van der Waals surface area contributed by atoms with Crippen LogP contribution >= 0.6 is 0 Å². The first-order valence-corrected chi connectivity index (χ1v) is 12.8. The Kier molecular flexibility index (Phi) is 8.21. The average Bonchev–Trinajstić information content (AvgIpc) is 3.02. The van der Waals surface area contributed by atoms with Crippen LogP contribution < -0.4 is 28.4 Å². The predicted octanol–water partition coefficient (Wildman–Crippen LogP) is 7.09. The molecule has 204 valence electrons. The lowest BCUT2D eigenvalue weighted by Crippen LogP contribution is -2.02. The molecule has 0 aliphatic carbocycles. The van der Waals surface area contributed by atoms with Crippen molar-refractivity contribution < 1.29 is 28.4 Å². The molecule has 0 fully saturated rings. The van der Waals surface area contributed by atoms with Crippen molar-refractivity contribution in [3.63, 3.8) is 0 Å². The molecule has 1 heterocycles. The summed E-state index contributed by atoms with van der Waals surface area (Å²) in [5.74, 6) is 3.15. The zero-order valence-electron chi connectivity index (χ0n) is 23.0. The molecule has 7 heteroatoms. The van der Waals surface area contributed by atoms with Crippen molar-refractivity contribution in [1.82, 2.24) is 4.98 Å². The van der Waals surface area contributed by atoms with Crippen LogP contribution in [0, 0.1) is 0 Å². The molecule has 0 N–H and O–H groups in total. The highest BCUT2D eigenvalue weighted by Gasteiger charge is 2.23. The van der Waals surface area contributed by atoms with Gasteiger partial charge in [0.1, 0.15) is 13.2 Å². The number of hydrogen-bond acceptors (Lipinski definition) is 7. The summed E-state index contributed by atoms with van der Waals surface area (Å²) < 4.78 is 35.6. The van der Waals surface area contributed by atoms with Gasteiger partial charge in [-0.3, -0.25) is 4.98 Å². The highest BCUT2D eigenvalue weighted by molar-refractivity contribution is 6.02. The van der Waals surface area contributed by atoms with Crippen molar-refractivity contribution in [2.75, 3.05) is 28.4 Å². The van der Waals surface area contributed by atoms with Crippen LogP contribution in [0.4, 0.5) is 0 Å².